The van der Waals surface area contributed by atoms with E-state index in [-0.39, 0.29) is 0 Å². The highest BCUT2D eigenvalue weighted by Crippen LogP contribution is 2.37. The highest BCUT2D eigenvalue weighted by atomic mass is 35.5. The molecular weight excluding hydrogens is 270 g/mol. The Kier molecular flexibility index (Phi) is 3.78. The molecule has 1 saturated heterocycles. The summed E-state index contributed by atoms with van der Waals surface area (Å²) in [7, 11) is 0. The first-order chi connectivity index (χ1) is 8.91. The largest absolute Gasteiger partial charge is 0.481 e. The van der Waals surface area contributed by atoms with Crippen molar-refractivity contribution in [2.75, 3.05) is 0 Å². The molecular formula is C13H14ClNO4. The van der Waals surface area contributed by atoms with Gasteiger partial charge in [-0.05, 0) is 23.6 Å². The van der Waals surface area contributed by atoms with Gasteiger partial charge in [0.05, 0.1) is 5.92 Å². The number of nitrogens with one attached hydrogen (secondary N) is 1. The van der Waals surface area contributed by atoms with Crippen LogP contribution in [0.5, 0.6) is 0 Å². The summed E-state index contributed by atoms with van der Waals surface area (Å²) in [5.41, 5.74) is 0.729. The van der Waals surface area contributed by atoms with Crippen LogP contribution in [0, 0.1) is 11.8 Å². The van der Waals surface area contributed by atoms with E-state index in [4.69, 9.17) is 16.7 Å². The molecule has 3 N–H and O–H groups in total. The minimum Gasteiger partial charge on any atom is -0.481 e. The Labute approximate surface area is 115 Å². The van der Waals surface area contributed by atoms with Gasteiger partial charge in [0, 0.05) is 11.1 Å². The zero-order valence-corrected chi connectivity index (χ0v) is 11.0. The van der Waals surface area contributed by atoms with Crippen molar-refractivity contribution in [2.24, 2.45) is 11.8 Å². The molecule has 0 saturated carbocycles. The summed E-state index contributed by atoms with van der Waals surface area (Å²) in [6.45, 7) is 1.64. The van der Waals surface area contributed by atoms with Crippen LogP contribution in [0.4, 0.5) is 0 Å². The van der Waals surface area contributed by atoms with E-state index in [1.807, 2.05) is 0 Å². The summed E-state index contributed by atoms with van der Waals surface area (Å²) in [6, 6.07) is 5.37. The quantitative estimate of drug-likeness (QED) is 0.787. The van der Waals surface area contributed by atoms with E-state index in [1.165, 1.54) is 0 Å². The number of aliphatic carboxylic acids is 2. The van der Waals surface area contributed by atoms with Gasteiger partial charge in [-0.2, -0.15) is 0 Å². The van der Waals surface area contributed by atoms with Gasteiger partial charge in [-0.1, -0.05) is 30.7 Å². The molecule has 4 atom stereocenters. The van der Waals surface area contributed by atoms with Crippen molar-refractivity contribution >= 4 is 23.5 Å². The molecule has 1 aliphatic heterocycles. The Balaban J connectivity index is 2.35. The molecule has 1 fully saturated rings. The minimum atomic E-state index is -1.03. The van der Waals surface area contributed by atoms with Crippen molar-refractivity contribution in [3.8, 4) is 0 Å². The van der Waals surface area contributed by atoms with Crippen molar-refractivity contribution in [3.05, 3.63) is 34.9 Å². The third-order valence-corrected chi connectivity index (χ3v) is 3.84. The predicted molar refractivity (Wildman–Crippen MR) is 69.0 cm³/mol. The molecule has 1 heterocycles. The van der Waals surface area contributed by atoms with Gasteiger partial charge in [0.15, 0.2) is 0 Å². The number of carbonyl (C=O) groups is 2. The molecule has 1 aromatic carbocycles. The number of halogens is 1. The van der Waals surface area contributed by atoms with Crippen molar-refractivity contribution in [1.29, 1.82) is 0 Å². The first-order valence-corrected chi connectivity index (χ1v) is 6.26. The van der Waals surface area contributed by atoms with Gasteiger partial charge in [0.2, 0.25) is 0 Å². The first kappa shape index (κ1) is 13.8. The molecule has 4 unspecified atom stereocenters. The summed E-state index contributed by atoms with van der Waals surface area (Å²) in [6.07, 6.45) is 0. The van der Waals surface area contributed by atoms with Crippen LogP contribution in [0.15, 0.2) is 24.3 Å². The van der Waals surface area contributed by atoms with Gasteiger partial charge in [0.1, 0.15) is 6.04 Å². The van der Waals surface area contributed by atoms with Crippen LogP contribution in [-0.4, -0.2) is 28.2 Å². The molecule has 0 aliphatic carbocycles. The van der Waals surface area contributed by atoms with E-state index in [0.717, 1.165) is 5.56 Å². The number of carboxylic acids is 2. The lowest BCUT2D eigenvalue weighted by atomic mass is 9.86. The van der Waals surface area contributed by atoms with Crippen LogP contribution in [0.1, 0.15) is 18.5 Å². The average molecular weight is 284 g/mol. The molecule has 19 heavy (non-hydrogen) atoms. The highest BCUT2D eigenvalue weighted by molar-refractivity contribution is 6.30. The molecule has 1 aromatic rings. The SMILES string of the molecule is CC1C(C(=O)O)NC(c2ccc(Cl)cc2)C1C(=O)O. The maximum absolute atomic E-state index is 11.4. The average Bonchev–Trinajstić information content (AvgIpc) is 2.68. The van der Waals surface area contributed by atoms with Gasteiger partial charge in [0.25, 0.3) is 0 Å². The van der Waals surface area contributed by atoms with Gasteiger partial charge < -0.3 is 10.2 Å². The van der Waals surface area contributed by atoms with Gasteiger partial charge in [-0.15, -0.1) is 0 Å². The minimum absolute atomic E-state index is 0.490. The summed E-state index contributed by atoms with van der Waals surface area (Å²) < 4.78 is 0. The Hall–Kier alpha value is -1.59. The molecule has 0 spiro atoms. The summed E-state index contributed by atoms with van der Waals surface area (Å²) in [5.74, 6) is -3.29. The van der Waals surface area contributed by atoms with Crippen LogP contribution in [-0.2, 0) is 9.59 Å². The van der Waals surface area contributed by atoms with E-state index in [9.17, 15) is 14.7 Å². The normalized spacial score (nSPS) is 30.2. The molecule has 0 amide bonds. The van der Waals surface area contributed by atoms with Crippen molar-refractivity contribution in [2.45, 2.75) is 19.0 Å². The van der Waals surface area contributed by atoms with Gasteiger partial charge in [-0.25, -0.2) is 0 Å². The molecule has 2 rings (SSSR count). The third-order valence-electron chi connectivity index (χ3n) is 3.59. The van der Waals surface area contributed by atoms with Crippen LogP contribution >= 0.6 is 11.6 Å². The van der Waals surface area contributed by atoms with E-state index in [0.29, 0.717) is 5.02 Å². The maximum Gasteiger partial charge on any atom is 0.321 e. The zero-order chi connectivity index (χ0) is 14.2. The molecule has 102 valence electrons. The molecule has 0 aromatic heterocycles. The van der Waals surface area contributed by atoms with E-state index >= 15 is 0 Å². The van der Waals surface area contributed by atoms with Crippen molar-refractivity contribution in [1.82, 2.24) is 5.32 Å². The molecule has 0 bridgehead atoms. The number of benzene rings is 1. The van der Waals surface area contributed by atoms with Crippen LogP contribution < -0.4 is 5.32 Å². The first-order valence-electron chi connectivity index (χ1n) is 5.89. The van der Waals surface area contributed by atoms with Crippen LogP contribution in [0.3, 0.4) is 0 Å². The Morgan fingerprint density at radius 3 is 2.21 bits per heavy atom. The fraction of sp³-hybridized carbons (Fsp3) is 0.385. The fourth-order valence-corrected chi connectivity index (χ4v) is 2.72. The Morgan fingerprint density at radius 2 is 1.74 bits per heavy atom. The van der Waals surface area contributed by atoms with Crippen molar-refractivity contribution in [3.63, 3.8) is 0 Å². The topological polar surface area (TPSA) is 86.6 Å². The van der Waals surface area contributed by atoms with E-state index in [2.05, 4.69) is 5.32 Å². The lowest BCUT2D eigenvalue weighted by Crippen LogP contribution is -2.35. The van der Waals surface area contributed by atoms with Gasteiger partial charge >= 0.3 is 11.9 Å². The lowest BCUT2D eigenvalue weighted by molar-refractivity contribution is -0.144. The fourth-order valence-electron chi connectivity index (χ4n) is 2.60. The number of rotatable bonds is 3. The molecule has 0 radical (unpaired) electrons. The predicted octanol–water partition coefficient (Wildman–Crippen LogP) is 1.77. The number of carboxylic acid groups (broad SMARTS) is 2. The molecule has 1 aliphatic rings. The van der Waals surface area contributed by atoms with Crippen LogP contribution in [0.2, 0.25) is 5.02 Å². The number of hydrogen-bond acceptors (Lipinski definition) is 3. The number of hydrogen-bond donors (Lipinski definition) is 3. The van der Waals surface area contributed by atoms with E-state index < -0.39 is 35.9 Å². The summed E-state index contributed by atoms with van der Waals surface area (Å²) in [5, 5.41) is 21.9. The second-order valence-electron chi connectivity index (χ2n) is 4.73. The van der Waals surface area contributed by atoms with Crippen LogP contribution in [0.25, 0.3) is 0 Å². The third kappa shape index (κ3) is 2.57. The molecule has 6 heteroatoms. The summed E-state index contributed by atoms with van der Waals surface area (Å²) >= 11 is 5.79. The maximum atomic E-state index is 11.4. The Bertz CT molecular complexity index is 502. The standard InChI is InChI=1S/C13H14ClNO4/c1-6-9(12(16)17)11(15-10(6)13(18)19)7-2-4-8(14)5-3-7/h2-6,9-11,15H,1H3,(H,16,17)(H,18,19). The van der Waals surface area contributed by atoms with E-state index in [1.54, 1.807) is 31.2 Å². The smallest absolute Gasteiger partial charge is 0.321 e. The second-order valence-corrected chi connectivity index (χ2v) is 5.17. The summed E-state index contributed by atoms with van der Waals surface area (Å²) in [4.78, 5) is 22.5. The Morgan fingerprint density at radius 1 is 1.16 bits per heavy atom. The lowest BCUT2D eigenvalue weighted by Gasteiger charge is -2.18. The van der Waals surface area contributed by atoms with Gasteiger partial charge in [-0.3, -0.25) is 14.9 Å². The second kappa shape index (κ2) is 5.19. The molecule has 5 nitrogen and oxygen atoms in total. The monoisotopic (exact) mass is 283 g/mol. The zero-order valence-electron chi connectivity index (χ0n) is 10.2. The van der Waals surface area contributed by atoms with Crippen molar-refractivity contribution < 1.29 is 19.8 Å². The highest BCUT2D eigenvalue weighted by Gasteiger charge is 2.47.